The molecular formula is C15H17NO2. The minimum atomic E-state index is -0.795. The third-order valence-electron chi connectivity index (χ3n) is 4.31. The number of hydrogen-bond donors (Lipinski definition) is 1. The molecule has 1 heterocycles. The van der Waals surface area contributed by atoms with Crippen molar-refractivity contribution in [3.8, 4) is 0 Å². The van der Waals surface area contributed by atoms with Crippen LogP contribution in [0.25, 0.3) is 5.57 Å². The van der Waals surface area contributed by atoms with E-state index in [1.807, 2.05) is 0 Å². The lowest BCUT2D eigenvalue weighted by atomic mass is 9.74. The highest BCUT2D eigenvalue weighted by Crippen LogP contribution is 2.46. The zero-order valence-electron chi connectivity index (χ0n) is 10.5. The van der Waals surface area contributed by atoms with E-state index in [2.05, 4.69) is 37.3 Å². The molecule has 1 aliphatic heterocycles. The van der Waals surface area contributed by atoms with Crippen LogP contribution in [0.15, 0.2) is 30.3 Å². The van der Waals surface area contributed by atoms with Crippen molar-refractivity contribution in [3.05, 3.63) is 41.5 Å². The van der Waals surface area contributed by atoms with E-state index in [0.717, 1.165) is 12.8 Å². The number of carboxylic acid groups (broad SMARTS) is 1. The van der Waals surface area contributed by atoms with Crippen molar-refractivity contribution >= 4 is 11.7 Å². The quantitative estimate of drug-likeness (QED) is 0.760. The smallest absolute Gasteiger partial charge is 0.407 e. The highest BCUT2D eigenvalue weighted by atomic mass is 16.4. The molecule has 1 fully saturated rings. The van der Waals surface area contributed by atoms with Crippen LogP contribution in [0.5, 0.6) is 0 Å². The van der Waals surface area contributed by atoms with E-state index in [0.29, 0.717) is 13.1 Å². The molecule has 3 nitrogen and oxygen atoms in total. The number of benzene rings is 1. The number of likely N-dealkylation sites (tertiary alicyclic amines) is 1. The molecule has 1 spiro atoms. The van der Waals surface area contributed by atoms with Gasteiger partial charge in [-0.15, -0.1) is 0 Å². The summed E-state index contributed by atoms with van der Waals surface area (Å²) in [5.41, 5.74) is 4.12. The fourth-order valence-corrected chi connectivity index (χ4v) is 3.34. The van der Waals surface area contributed by atoms with Crippen LogP contribution in [-0.2, 0) is 5.41 Å². The van der Waals surface area contributed by atoms with Crippen molar-refractivity contribution in [1.82, 2.24) is 4.90 Å². The molecule has 1 aliphatic carbocycles. The van der Waals surface area contributed by atoms with E-state index in [9.17, 15) is 4.79 Å². The number of piperidine rings is 1. The van der Waals surface area contributed by atoms with Crippen LogP contribution in [0, 0.1) is 0 Å². The average Bonchev–Trinajstić information content (AvgIpc) is 2.64. The monoisotopic (exact) mass is 243 g/mol. The van der Waals surface area contributed by atoms with Crippen LogP contribution in [0.1, 0.15) is 30.9 Å². The van der Waals surface area contributed by atoms with Gasteiger partial charge in [-0.05, 0) is 36.5 Å². The maximum atomic E-state index is 11.0. The van der Waals surface area contributed by atoms with Gasteiger partial charge >= 0.3 is 6.09 Å². The Hall–Kier alpha value is -1.77. The second-order valence-corrected chi connectivity index (χ2v) is 5.30. The molecule has 0 unspecified atom stereocenters. The van der Waals surface area contributed by atoms with Crippen LogP contribution < -0.4 is 0 Å². The summed E-state index contributed by atoms with van der Waals surface area (Å²) in [7, 11) is 0. The van der Waals surface area contributed by atoms with Gasteiger partial charge in [-0.25, -0.2) is 4.79 Å². The van der Waals surface area contributed by atoms with Gasteiger partial charge < -0.3 is 10.0 Å². The van der Waals surface area contributed by atoms with Crippen molar-refractivity contribution in [2.75, 3.05) is 13.1 Å². The maximum absolute atomic E-state index is 11.0. The molecule has 2 aliphatic rings. The van der Waals surface area contributed by atoms with Gasteiger partial charge in [-0.3, -0.25) is 0 Å². The Morgan fingerprint density at radius 1 is 1.28 bits per heavy atom. The number of amides is 1. The molecule has 0 bridgehead atoms. The van der Waals surface area contributed by atoms with Gasteiger partial charge in [0.25, 0.3) is 0 Å². The Kier molecular flexibility index (Phi) is 2.44. The normalized spacial score (nSPS) is 20.7. The molecule has 1 amide bonds. The summed E-state index contributed by atoms with van der Waals surface area (Å²) >= 11 is 0. The average molecular weight is 243 g/mol. The van der Waals surface area contributed by atoms with Gasteiger partial charge in [-0.1, -0.05) is 30.3 Å². The van der Waals surface area contributed by atoms with Gasteiger partial charge in [0.1, 0.15) is 0 Å². The van der Waals surface area contributed by atoms with E-state index < -0.39 is 6.09 Å². The summed E-state index contributed by atoms with van der Waals surface area (Å²) in [6, 6.07) is 8.51. The number of rotatable bonds is 0. The molecule has 0 radical (unpaired) electrons. The fourth-order valence-electron chi connectivity index (χ4n) is 3.34. The first-order chi connectivity index (χ1) is 8.62. The van der Waals surface area contributed by atoms with Crippen molar-refractivity contribution in [2.24, 2.45) is 0 Å². The Bertz CT molecular complexity index is 525. The molecule has 1 aromatic carbocycles. The zero-order chi connectivity index (χ0) is 12.8. The first-order valence-corrected chi connectivity index (χ1v) is 6.40. The Balaban J connectivity index is 1.93. The summed E-state index contributed by atoms with van der Waals surface area (Å²) in [6.07, 6.45) is 3.34. The fraction of sp³-hybridized carbons (Fsp3) is 0.400. The minimum Gasteiger partial charge on any atom is -0.465 e. The van der Waals surface area contributed by atoms with E-state index in [1.54, 1.807) is 0 Å². The highest BCUT2D eigenvalue weighted by molar-refractivity contribution is 5.75. The lowest BCUT2D eigenvalue weighted by Gasteiger charge is -2.38. The molecule has 1 saturated heterocycles. The summed E-state index contributed by atoms with van der Waals surface area (Å²) in [4.78, 5) is 12.5. The Labute approximate surface area is 107 Å². The van der Waals surface area contributed by atoms with Gasteiger partial charge in [0.15, 0.2) is 0 Å². The molecule has 0 saturated carbocycles. The number of allylic oxidation sites excluding steroid dienone is 2. The van der Waals surface area contributed by atoms with Crippen LogP contribution in [0.4, 0.5) is 4.79 Å². The molecule has 94 valence electrons. The molecule has 1 N–H and O–H groups in total. The topological polar surface area (TPSA) is 40.5 Å². The molecule has 0 aromatic heterocycles. The SMILES string of the molecule is CC1=CC2(CCN(C(=O)O)CC2)c2ccccc21. The highest BCUT2D eigenvalue weighted by Gasteiger charge is 2.40. The predicted octanol–water partition coefficient (Wildman–Crippen LogP) is 3.12. The lowest BCUT2D eigenvalue weighted by Crippen LogP contribution is -2.43. The number of fused-ring (bicyclic) bond motifs is 2. The maximum Gasteiger partial charge on any atom is 0.407 e. The van der Waals surface area contributed by atoms with E-state index in [4.69, 9.17) is 5.11 Å². The molecular weight excluding hydrogens is 226 g/mol. The lowest BCUT2D eigenvalue weighted by molar-refractivity contribution is 0.124. The van der Waals surface area contributed by atoms with E-state index in [1.165, 1.54) is 21.6 Å². The largest absolute Gasteiger partial charge is 0.465 e. The van der Waals surface area contributed by atoms with Gasteiger partial charge in [0.05, 0.1) is 0 Å². The molecule has 0 atom stereocenters. The van der Waals surface area contributed by atoms with E-state index in [-0.39, 0.29) is 5.41 Å². The zero-order valence-corrected chi connectivity index (χ0v) is 10.5. The van der Waals surface area contributed by atoms with Crippen LogP contribution in [0.3, 0.4) is 0 Å². The van der Waals surface area contributed by atoms with Gasteiger partial charge in [0.2, 0.25) is 0 Å². The first kappa shape index (κ1) is 11.3. The third-order valence-corrected chi connectivity index (χ3v) is 4.31. The number of hydrogen-bond acceptors (Lipinski definition) is 1. The second-order valence-electron chi connectivity index (χ2n) is 5.30. The van der Waals surface area contributed by atoms with Crippen molar-refractivity contribution in [3.63, 3.8) is 0 Å². The Morgan fingerprint density at radius 3 is 2.61 bits per heavy atom. The van der Waals surface area contributed by atoms with Crippen molar-refractivity contribution < 1.29 is 9.90 Å². The molecule has 1 aromatic rings. The van der Waals surface area contributed by atoms with Crippen molar-refractivity contribution in [2.45, 2.75) is 25.2 Å². The second kappa shape index (κ2) is 3.87. The minimum absolute atomic E-state index is 0.0760. The standard InChI is InChI=1S/C15H17NO2/c1-11-10-15(13-5-3-2-4-12(11)13)6-8-16(9-7-15)14(17)18/h2-5,10H,6-9H2,1H3,(H,17,18). The molecule has 18 heavy (non-hydrogen) atoms. The summed E-state index contributed by atoms with van der Waals surface area (Å²) in [5, 5.41) is 9.03. The molecule has 3 heteroatoms. The molecule has 3 rings (SSSR count). The third kappa shape index (κ3) is 1.54. The van der Waals surface area contributed by atoms with Crippen LogP contribution in [-0.4, -0.2) is 29.2 Å². The number of nitrogens with zero attached hydrogens (tertiary/aromatic N) is 1. The first-order valence-electron chi connectivity index (χ1n) is 6.40. The van der Waals surface area contributed by atoms with Gasteiger partial charge in [-0.2, -0.15) is 0 Å². The Morgan fingerprint density at radius 2 is 1.94 bits per heavy atom. The van der Waals surface area contributed by atoms with Gasteiger partial charge in [0, 0.05) is 18.5 Å². The summed E-state index contributed by atoms with van der Waals surface area (Å²) in [5.74, 6) is 0. The summed E-state index contributed by atoms with van der Waals surface area (Å²) in [6.45, 7) is 3.41. The van der Waals surface area contributed by atoms with E-state index >= 15 is 0 Å². The number of carbonyl (C=O) groups is 1. The van der Waals surface area contributed by atoms with Crippen LogP contribution in [0.2, 0.25) is 0 Å². The summed E-state index contributed by atoms with van der Waals surface area (Å²) < 4.78 is 0. The van der Waals surface area contributed by atoms with Crippen molar-refractivity contribution in [1.29, 1.82) is 0 Å². The van der Waals surface area contributed by atoms with Crippen LogP contribution >= 0.6 is 0 Å². The predicted molar refractivity (Wildman–Crippen MR) is 70.6 cm³/mol.